The molecule has 2 aromatic carbocycles. The lowest BCUT2D eigenvalue weighted by Gasteiger charge is -2.20. The largest absolute Gasteiger partial charge is 0.423 e. The van der Waals surface area contributed by atoms with Crippen molar-refractivity contribution in [3.63, 3.8) is 0 Å². The van der Waals surface area contributed by atoms with E-state index in [-0.39, 0.29) is 16.9 Å². The molecule has 0 bridgehead atoms. The Kier molecular flexibility index (Phi) is 4.80. The van der Waals surface area contributed by atoms with Crippen LogP contribution in [0.25, 0.3) is 0 Å². The molecule has 3 nitrogen and oxygen atoms in total. The molecule has 0 atom stereocenters. The van der Waals surface area contributed by atoms with Gasteiger partial charge in [0.25, 0.3) is 0 Å². The summed E-state index contributed by atoms with van der Waals surface area (Å²) in [6, 6.07) is 14.3. The first-order valence-corrected chi connectivity index (χ1v) is 7.41. The summed E-state index contributed by atoms with van der Waals surface area (Å²) in [5.74, 6) is -0.518. The number of benzene rings is 2. The second kappa shape index (κ2) is 6.61. The summed E-state index contributed by atoms with van der Waals surface area (Å²) in [5.41, 5.74) is 1.80. The number of hydrogen-bond donors (Lipinski definition) is 0. The molecule has 2 rings (SSSR count). The summed E-state index contributed by atoms with van der Waals surface area (Å²) in [4.78, 5) is 24.3. The maximum absolute atomic E-state index is 12.8. The van der Waals surface area contributed by atoms with E-state index >= 15 is 0 Å². The van der Waals surface area contributed by atoms with E-state index in [2.05, 4.69) is 27.4 Å². The normalized spacial score (nSPS) is 10.9. The second-order valence-corrected chi connectivity index (χ2v) is 6.28. The molecule has 0 spiro atoms. The zero-order chi connectivity index (χ0) is 17.0. The summed E-state index contributed by atoms with van der Waals surface area (Å²) in [6.07, 6.45) is 1.08. The quantitative estimate of drug-likeness (QED) is 0.366. The van der Waals surface area contributed by atoms with Gasteiger partial charge in [0.1, 0.15) is 5.75 Å². The van der Waals surface area contributed by atoms with Crippen LogP contribution < -0.4 is 4.74 Å². The van der Waals surface area contributed by atoms with Crippen LogP contribution in [-0.2, 0) is 10.2 Å². The highest BCUT2D eigenvalue weighted by Gasteiger charge is 2.21. The number of hydrogen-bond acceptors (Lipinski definition) is 3. The topological polar surface area (TPSA) is 43.4 Å². The van der Waals surface area contributed by atoms with Gasteiger partial charge < -0.3 is 4.74 Å². The van der Waals surface area contributed by atoms with Gasteiger partial charge in [-0.25, -0.2) is 4.79 Å². The highest BCUT2D eigenvalue weighted by Crippen LogP contribution is 2.29. The van der Waals surface area contributed by atoms with Gasteiger partial charge in [-0.1, -0.05) is 63.7 Å². The Morgan fingerprint density at radius 3 is 2.26 bits per heavy atom. The van der Waals surface area contributed by atoms with Gasteiger partial charge in [-0.15, -0.1) is 0 Å². The van der Waals surface area contributed by atoms with E-state index in [1.807, 2.05) is 12.1 Å². The van der Waals surface area contributed by atoms with Gasteiger partial charge in [-0.05, 0) is 23.1 Å². The minimum atomic E-state index is -0.587. The molecule has 0 heterocycles. The Morgan fingerprint density at radius 1 is 1.04 bits per heavy atom. The summed E-state index contributed by atoms with van der Waals surface area (Å²) in [7, 11) is 0. The molecule has 0 saturated heterocycles. The summed E-state index contributed by atoms with van der Waals surface area (Å²) >= 11 is 0. The van der Waals surface area contributed by atoms with Gasteiger partial charge in [0.05, 0.1) is 5.56 Å². The van der Waals surface area contributed by atoms with Crippen molar-refractivity contribution < 1.29 is 14.3 Å². The van der Waals surface area contributed by atoms with Gasteiger partial charge in [-0.3, -0.25) is 4.79 Å². The van der Waals surface area contributed by atoms with Crippen LogP contribution in [0.5, 0.6) is 5.75 Å². The van der Waals surface area contributed by atoms with E-state index in [1.165, 1.54) is 0 Å². The second-order valence-electron chi connectivity index (χ2n) is 6.28. The minimum Gasteiger partial charge on any atom is -0.423 e. The maximum atomic E-state index is 12.8. The molecule has 118 valence electrons. The predicted octanol–water partition coefficient (Wildman–Crippen LogP) is 4.31. The van der Waals surface area contributed by atoms with Gasteiger partial charge in [-0.2, -0.15) is 0 Å². The van der Waals surface area contributed by atoms with Crippen molar-refractivity contribution in [2.24, 2.45) is 0 Å². The van der Waals surface area contributed by atoms with E-state index < -0.39 is 5.97 Å². The maximum Gasteiger partial charge on any atom is 0.335 e. The molecule has 0 amide bonds. The predicted molar refractivity (Wildman–Crippen MR) is 90.8 cm³/mol. The first-order chi connectivity index (χ1) is 10.8. The Balaban J connectivity index is 2.54. The van der Waals surface area contributed by atoms with Crippen LogP contribution in [0.4, 0.5) is 0 Å². The first-order valence-electron chi connectivity index (χ1n) is 7.41. The number of ether oxygens (including phenoxy) is 1. The van der Waals surface area contributed by atoms with Crippen LogP contribution in [0.15, 0.2) is 61.2 Å². The van der Waals surface area contributed by atoms with E-state index in [1.54, 1.807) is 36.4 Å². The van der Waals surface area contributed by atoms with Crippen LogP contribution >= 0.6 is 0 Å². The van der Waals surface area contributed by atoms with Crippen molar-refractivity contribution in [3.8, 4) is 5.75 Å². The fourth-order valence-corrected chi connectivity index (χ4v) is 2.16. The Labute approximate surface area is 136 Å². The molecule has 0 radical (unpaired) electrons. The van der Waals surface area contributed by atoms with Crippen LogP contribution in [0.2, 0.25) is 0 Å². The average molecular weight is 308 g/mol. The highest BCUT2D eigenvalue weighted by molar-refractivity contribution is 6.11. The summed E-state index contributed by atoms with van der Waals surface area (Å²) in [6.45, 7) is 9.58. The minimum absolute atomic E-state index is 0.118. The Bertz CT molecular complexity index is 737. The summed E-state index contributed by atoms with van der Waals surface area (Å²) < 4.78 is 5.23. The highest BCUT2D eigenvalue weighted by atomic mass is 16.5. The first kappa shape index (κ1) is 16.7. The summed E-state index contributed by atoms with van der Waals surface area (Å²) in [5, 5.41) is 0. The van der Waals surface area contributed by atoms with Gasteiger partial charge in [0.15, 0.2) is 5.78 Å². The van der Waals surface area contributed by atoms with Crippen molar-refractivity contribution in [2.45, 2.75) is 26.2 Å². The fraction of sp³-hybridized carbons (Fsp3) is 0.200. The molecule has 0 unspecified atom stereocenters. The molecule has 0 N–H and O–H groups in total. The molecule has 0 aliphatic carbocycles. The van der Waals surface area contributed by atoms with Gasteiger partial charge >= 0.3 is 5.97 Å². The van der Waals surface area contributed by atoms with E-state index in [9.17, 15) is 9.59 Å². The molecular formula is C20H20O3. The standard InChI is InChI=1S/C20H20O3/c1-5-18(21)23-17-12-11-15(20(2,3)4)13-16(17)19(22)14-9-7-6-8-10-14/h5-13H,1H2,2-4H3. The molecule has 0 aliphatic heterocycles. The van der Waals surface area contributed by atoms with E-state index in [0.717, 1.165) is 11.6 Å². The fourth-order valence-electron chi connectivity index (χ4n) is 2.16. The Morgan fingerprint density at radius 2 is 1.70 bits per heavy atom. The number of ketones is 1. The van der Waals surface area contributed by atoms with Gasteiger partial charge in [0.2, 0.25) is 0 Å². The number of rotatable bonds is 4. The van der Waals surface area contributed by atoms with Crippen LogP contribution in [0.1, 0.15) is 42.3 Å². The van der Waals surface area contributed by atoms with Crippen molar-refractivity contribution in [2.75, 3.05) is 0 Å². The lowest BCUT2D eigenvalue weighted by atomic mass is 9.85. The zero-order valence-electron chi connectivity index (χ0n) is 13.6. The van der Waals surface area contributed by atoms with Crippen molar-refractivity contribution in [1.29, 1.82) is 0 Å². The molecule has 23 heavy (non-hydrogen) atoms. The van der Waals surface area contributed by atoms with Crippen molar-refractivity contribution in [1.82, 2.24) is 0 Å². The smallest absolute Gasteiger partial charge is 0.335 e. The number of carbonyl (C=O) groups excluding carboxylic acids is 2. The van der Waals surface area contributed by atoms with Crippen LogP contribution in [-0.4, -0.2) is 11.8 Å². The molecule has 3 heteroatoms. The molecular weight excluding hydrogens is 288 g/mol. The van der Waals surface area contributed by atoms with Crippen molar-refractivity contribution in [3.05, 3.63) is 77.9 Å². The van der Waals surface area contributed by atoms with E-state index in [0.29, 0.717) is 11.1 Å². The van der Waals surface area contributed by atoms with Crippen LogP contribution in [0, 0.1) is 0 Å². The van der Waals surface area contributed by atoms with E-state index in [4.69, 9.17) is 4.74 Å². The third-order valence-electron chi connectivity index (χ3n) is 3.50. The molecule has 0 aromatic heterocycles. The molecule has 2 aromatic rings. The lowest BCUT2D eigenvalue weighted by Crippen LogP contribution is -2.15. The molecule has 0 aliphatic rings. The SMILES string of the molecule is C=CC(=O)Oc1ccc(C(C)(C)C)cc1C(=O)c1ccccc1. The number of carbonyl (C=O) groups is 2. The zero-order valence-corrected chi connectivity index (χ0v) is 13.6. The monoisotopic (exact) mass is 308 g/mol. The lowest BCUT2D eigenvalue weighted by molar-refractivity contribution is -0.128. The molecule has 0 fully saturated rings. The number of esters is 1. The van der Waals surface area contributed by atoms with Crippen molar-refractivity contribution >= 4 is 11.8 Å². The van der Waals surface area contributed by atoms with Crippen LogP contribution in [0.3, 0.4) is 0 Å². The Hall–Kier alpha value is -2.68. The molecule has 0 saturated carbocycles. The third kappa shape index (κ3) is 3.95. The van der Waals surface area contributed by atoms with Gasteiger partial charge in [0, 0.05) is 11.6 Å². The third-order valence-corrected chi connectivity index (χ3v) is 3.50. The average Bonchev–Trinajstić information content (AvgIpc) is 2.54.